The zero-order valence-electron chi connectivity index (χ0n) is 18.1. The summed E-state index contributed by atoms with van der Waals surface area (Å²) in [6.45, 7) is 7.86. The summed E-state index contributed by atoms with van der Waals surface area (Å²) in [6.07, 6.45) is 11.5. The first-order valence-corrected chi connectivity index (χ1v) is 9.90. The van der Waals surface area contributed by atoms with Crippen LogP contribution in [0.4, 0.5) is 0 Å². The van der Waals surface area contributed by atoms with Crippen LogP contribution in [0.5, 0.6) is 0 Å². The van der Waals surface area contributed by atoms with E-state index in [9.17, 15) is 19.2 Å². The Bertz CT molecular complexity index is 854. The molecule has 0 aromatic heterocycles. The van der Waals surface area contributed by atoms with Crippen molar-refractivity contribution in [2.24, 2.45) is 5.73 Å². The highest BCUT2D eigenvalue weighted by molar-refractivity contribution is 6.20. The Morgan fingerprint density at radius 3 is 2.10 bits per heavy atom. The van der Waals surface area contributed by atoms with Gasteiger partial charge in [-0.25, -0.2) is 0 Å². The van der Waals surface area contributed by atoms with Crippen LogP contribution in [0.15, 0.2) is 58.5 Å². The maximum Gasteiger partial charge on any atom is 0.248 e. The summed E-state index contributed by atoms with van der Waals surface area (Å²) in [5.74, 6) is -2.17. The average molecular weight is 414 g/mol. The van der Waals surface area contributed by atoms with Crippen molar-refractivity contribution in [2.45, 2.75) is 53.4 Å². The average Bonchev–Trinajstić information content (AvgIpc) is 2.62. The van der Waals surface area contributed by atoms with Crippen LogP contribution in [-0.4, -0.2) is 29.9 Å². The van der Waals surface area contributed by atoms with Gasteiger partial charge in [0, 0.05) is 18.2 Å². The maximum atomic E-state index is 12.2. The molecule has 1 rings (SSSR count). The molecule has 0 spiro atoms. The Balaban J connectivity index is 2.54. The molecule has 7 nitrogen and oxygen atoms in total. The van der Waals surface area contributed by atoms with Crippen molar-refractivity contribution >= 4 is 23.4 Å². The third kappa shape index (κ3) is 9.82. The maximum absolute atomic E-state index is 12.2. The summed E-state index contributed by atoms with van der Waals surface area (Å²) in [4.78, 5) is 47.0. The number of hydrogen-bond donors (Lipinski definition) is 3. The van der Waals surface area contributed by atoms with Crippen molar-refractivity contribution in [3.05, 3.63) is 58.5 Å². The Labute approximate surface area is 177 Å². The highest BCUT2D eigenvalue weighted by Gasteiger charge is 2.21. The van der Waals surface area contributed by atoms with Gasteiger partial charge in [-0.15, -0.1) is 0 Å². The van der Waals surface area contributed by atoms with Crippen molar-refractivity contribution in [1.29, 1.82) is 0 Å². The Morgan fingerprint density at radius 1 is 0.900 bits per heavy atom. The van der Waals surface area contributed by atoms with Gasteiger partial charge in [0.1, 0.15) is 0 Å². The van der Waals surface area contributed by atoms with Gasteiger partial charge in [-0.1, -0.05) is 28.9 Å². The minimum Gasteiger partial charge on any atom is -0.373 e. The van der Waals surface area contributed by atoms with Crippen molar-refractivity contribution in [2.75, 3.05) is 6.54 Å². The van der Waals surface area contributed by atoms with E-state index in [1.54, 1.807) is 0 Å². The number of nitrogens with two attached hydrogens (primary N) is 1. The Morgan fingerprint density at radius 2 is 1.47 bits per heavy atom. The second kappa shape index (κ2) is 12.4. The minimum atomic E-state index is -0.655. The molecule has 0 atom stereocenters. The largest absolute Gasteiger partial charge is 0.373 e. The summed E-state index contributed by atoms with van der Waals surface area (Å²) < 4.78 is 0. The van der Waals surface area contributed by atoms with Crippen LogP contribution in [0, 0.1) is 0 Å². The molecule has 1 aliphatic rings. The van der Waals surface area contributed by atoms with Gasteiger partial charge in [0.15, 0.2) is 0 Å². The summed E-state index contributed by atoms with van der Waals surface area (Å²) in [5.41, 5.74) is 8.37. The van der Waals surface area contributed by atoms with Crippen LogP contribution in [0.2, 0.25) is 0 Å². The second-order valence-corrected chi connectivity index (χ2v) is 7.55. The van der Waals surface area contributed by atoms with E-state index in [4.69, 9.17) is 5.73 Å². The first-order valence-electron chi connectivity index (χ1n) is 9.90. The number of amides is 2. The number of nitrogens with one attached hydrogen (secondary N) is 2. The SMILES string of the molecule is CC(C)=CCCC(C)=CCCC(C)=CC(=O)NC1=CC(=O)C(NCC(N)=O)=CC1=O. The Hall–Kier alpha value is -3.22. The van der Waals surface area contributed by atoms with Gasteiger partial charge in [0.05, 0.1) is 17.9 Å². The van der Waals surface area contributed by atoms with Gasteiger partial charge in [0.2, 0.25) is 23.4 Å². The topological polar surface area (TPSA) is 118 Å². The summed E-state index contributed by atoms with van der Waals surface area (Å²) >= 11 is 0. The van der Waals surface area contributed by atoms with E-state index in [1.165, 1.54) is 17.2 Å². The number of ketones is 2. The first kappa shape index (κ1) is 24.8. The molecule has 30 heavy (non-hydrogen) atoms. The van der Waals surface area contributed by atoms with Gasteiger partial charge in [-0.2, -0.15) is 0 Å². The van der Waals surface area contributed by atoms with Crippen LogP contribution >= 0.6 is 0 Å². The van der Waals surface area contributed by atoms with Crippen LogP contribution in [0.1, 0.15) is 53.4 Å². The number of hydrogen-bond acceptors (Lipinski definition) is 5. The quantitative estimate of drug-likeness (QED) is 0.273. The fraction of sp³-hybridized carbons (Fsp3) is 0.391. The molecule has 0 aromatic carbocycles. The lowest BCUT2D eigenvalue weighted by Gasteiger charge is -2.13. The van der Waals surface area contributed by atoms with Gasteiger partial charge < -0.3 is 16.4 Å². The fourth-order valence-corrected chi connectivity index (χ4v) is 2.68. The van der Waals surface area contributed by atoms with Gasteiger partial charge in [-0.3, -0.25) is 19.2 Å². The zero-order chi connectivity index (χ0) is 22.7. The zero-order valence-corrected chi connectivity index (χ0v) is 18.1. The molecule has 162 valence electrons. The van der Waals surface area contributed by atoms with Crippen molar-refractivity contribution in [1.82, 2.24) is 10.6 Å². The van der Waals surface area contributed by atoms with Crippen molar-refractivity contribution in [3.63, 3.8) is 0 Å². The lowest BCUT2D eigenvalue weighted by molar-refractivity contribution is -0.119. The molecule has 1 aliphatic carbocycles. The standard InChI is InChI=1S/C23H31N3O4/c1-15(2)7-5-8-16(3)9-6-10-17(4)11-23(30)26-19-13-20(27)18(12-21(19)28)25-14-22(24)29/h7,9,11-13,25H,5-6,8,10,14H2,1-4H3,(H2,24,29)(H,26,30). The van der Waals surface area contributed by atoms with Crippen molar-refractivity contribution < 1.29 is 19.2 Å². The van der Waals surface area contributed by atoms with E-state index in [0.29, 0.717) is 0 Å². The number of rotatable bonds is 11. The number of primary amides is 1. The monoisotopic (exact) mass is 413 g/mol. The predicted octanol–water partition coefficient (Wildman–Crippen LogP) is 2.52. The molecule has 0 aliphatic heterocycles. The second-order valence-electron chi connectivity index (χ2n) is 7.55. The summed E-state index contributed by atoms with van der Waals surface area (Å²) in [5, 5.41) is 4.94. The molecule has 0 fully saturated rings. The lowest BCUT2D eigenvalue weighted by Crippen LogP contribution is -2.35. The molecule has 7 heteroatoms. The molecule has 0 bridgehead atoms. The van der Waals surface area contributed by atoms with Gasteiger partial charge >= 0.3 is 0 Å². The van der Waals surface area contributed by atoms with Crippen LogP contribution < -0.4 is 16.4 Å². The number of carbonyl (C=O) groups excluding carboxylic acids is 4. The molecule has 2 amide bonds. The molecule has 0 aromatic rings. The molecule has 0 unspecified atom stereocenters. The molecule has 0 heterocycles. The third-order valence-electron chi connectivity index (χ3n) is 4.29. The third-order valence-corrected chi connectivity index (χ3v) is 4.29. The Kier molecular flexibility index (Phi) is 10.2. The lowest BCUT2D eigenvalue weighted by atomic mass is 10.1. The van der Waals surface area contributed by atoms with Crippen LogP contribution in [0.3, 0.4) is 0 Å². The van der Waals surface area contributed by atoms with E-state index in [-0.39, 0.29) is 17.9 Å². The van der Waals surface area contributed by atoms with E-state index in [0.717, 1.165) is 43.4 Å². The highest BCUT2D eigenvalue weighted by Crippen LogP contribution is 2.12. The molecule has 0 saturated heterocycles. The number of allylic oxidation sites excluding steroid dienone is 7. The molecule has 0 radical (unpaired) electrons. The summed E-state index contributed by atoms with van der Waals surface area (Å²) in [7, 11) is 0. The van der Waals surface area contributed by atoms with Gasteiger partial charge in [-0.05, 0) is 53.4 Å². The van der Waals surface area contributed by atoms with E-state index >= 15 is 0 Å². The van der Waals surface area contributed by atoms with Gasteiger partial charge in [0.25, 0.3) is 0 Å². The minimum absolute atomic E-state index is 0.0322. The van der Waals surface area contributed by atoms with E-state index in [1.807, 2.05) is 6.92 Å². The first-order chi connectivity index (χ1) is 14.1. The van der Waals surface area contributed by atoms with Crippen LogP contribution in [0.25, 0.3) is 0 Å². The predicted molar refractivity (Wildman–Crippen MR) is 117 cm³/mol. The number of carbonyl (C=O) groups is 4. The normalized spacial score (nSPS) is 14.7. The molecular weight excluding hydrogens is 382 g/mol. The summed E-state index contributed by atoms with van der Waals surface area (Å²) in [6, 6.07) is 0. The smallest absolute Gasteiger partial charge is 0.248 e. The molecule has 4 N–H and O–H groups in total. The van der Waals surface area contributed by atoms with Crippen LogP contribution in [-0.2, 0) is 19.2 Å². The molecular formula is C23H31N3O4. The highest BCUT2D eigenvalue weighted by atomic mass is 16.2. The van der Waals surface area contributed by atoms with E-state index in [2.05, 4.69) is 43.6 Å². The fourth-order valence-electron chi connectivity index (χ4n) is 2.68. The molecule has 0 saturated carbocycles. The van der Waals surface area contributed by atoms with Crippen molar-refractivity contribution in [3.8, 4) is 0 Å². The van der Waals surface area contributed by atoms with E-state index < -0.39 is 23.4 Å².